The molecule has 0 atom stereocenters. The molecule has 0 fully saturated rings. The molecule has 0 saturated heterocycles. The molecule has 48 heavy (non-hydrogen) atoms. The molecule has 1 aliphatic carbocycles. The molecular formula is C37H40F4N4O2S. The van der Waals surface area contributed by atoms with Gasteiger partial charge in [0.05, 0.1) is 20.6 Å². The van der Waals surface area contributed by atoms with Crippen molar-refractivity contribution in [1.29, 1.82) is 0 Å². The van der Waals surface area contributed by atoms with Crippen LogP contribution in [0.2, 0.25) is 0 Å². The van der Waals surface area contributed by atoms with Crippen LogP contribution < -0.4 is 5.56 Å². The van der Waals surface area contributed by atoms with Gasteiger partial charge in [-0.05, 0) is 91.2 Å². The van der Waals surface area contributed by atoms with E-state index in [0.29, 0.717) is 6.42 Å². The largest absolute Gasteiger partial charge is 0.416 e. The van der Waals surface area contributed by atoms with Crippen LogP contribution in [0.5, 0.6) is 0 Å². The van der Waals surface area contributed by atoms with Crippen molar-refractivity contribution in [3.63, 3.8) is 0 Å². The Kier molecular flexibility index (Phi) is 6.23. The van der Waals surface area contributed by atoms with E-state index in [1.165, 1.54) is 11.5 Å². The number of benzene rings is 3. The number of alkyl halides is 3. The minimum Gasteiger partial charge on any atom is -0.336 e. The highest BCUT2D eigenvalue weighted by atomic mass is 32.2. The van der Waals surface area contributed by atoms with E-state index in [4.69, 9.17) is 23.3 Å². The fourth-order valence-corrected chi connectivity index (χ4v) is 5.64. The molecule has 6 nitrogen and oxygen atoms in total. The number of carbonyl (C=O) groups excluding carboxylic acids is 1. The van der Waals surface area contributed by atoms with Crippen LogP contribution in [-0.4, -0.2) is 51.3 Å². The summed E-state index contributed by atoms with van der Waals surface area (Å²) in [6, 6.07) is -12.3. The van der Waals surface area contributed by atoms with E-state index in [-0.39, 0.29) is 47.0 Å². The number of halogens is 4. The average molecular weight is 698 g/mol. The summed E-state index contributed by atoms with van der Waals surface area (Å²) < 4.78 is 200. The first-order valence-electron chi connectivity index (χ1n) is 23.1. The molecule has 0 saturated carbocycles. The van der Waals surface area contributed by atoms with Gasteiger partial charge in [0.25, 0.3) is 5.56 Å². The van der Waals surface area contributed by atoms with E-state index in [1.807, 2.05) is 0 Å². The van der Waals surface area contributed by atoms with Crippen LogP contribution in [0.1, 0.15) is 77.1 Å². The van der Waals surface area contributed by atoms with Crippen molar-refractivity contribution in [1.82, 2.24) is 19.4 Å². The number of nitrogens with zero attached hydrogens (tertiary/aromatic N) is 4. The Labute approximate surface area is 306 Å². The van der Waals surface area contributed by atoms with Crippen LogP contribution in [0.4, 0.5) is 17.6 Å². The van der Waals surface area contributed by atoms with Gasteiger partial charge in [-0.3, -0.25) is 9.59 Å². The smallest absolute Gasteiger partial charge is 0.336 e. The van der Waals surface area contributed by atoms with Crippen molar-refractivity contribution in [3.05, 3.63) is 116 Å². The highest BCUT2D eigenvalue weighted by Gasteiger charge is 2.30. The van der Waals surface area contributed by atoms with Crippen LogP contribution >= 0.6 is 11.8 Å². The van der Waals surface area contributed by atoms with Gasteiger partial charge in [0.2, 0.25) is 5.91 Å². The standard InChI is InChI=1S/C37H40F4N4O2S/c1-4-43(5-2)19-20-44(22-29-12-11-28(21-25(29)3)27-13-15-30(16-14-27)37(39,40)41)34(46)23-45-33-8-6-7-32(33)35(47)42-36(45)48-24-26-9-17-31(38)18-10-26/h9-18,21H,4-8,19-20,22-24H2,1-3H3/i4D2,5D2,9D,10D,11D,12D,13D,14D,15D,16D,17D,18D,21D,24D2. The Balaban J connectivity index is 1.67. The zero-order valence-corrected chi connectivity index (χ0v) is 26.8. The molecule has 0 radical (unpaired) electrons. The maximum absolute atomic E-state index is 14.7. The van der Waals surface area contributed by atoms with Crippen molar-refractivity contribution in [2.45, 2.75) is 70.2 Å². The lowest BCUT2D eigenvalue weighted by Gasteiger charge is -2.28. The van der Waals surface area contributed by atoms with Crippen LogP contribution in [0.3, 0.4) is 0 Å². The average Bonchev–Trinajstić information content (AvgIpc) is 3.68. The number of hydrogen-bond acceptors (Lipinski definition) is 5. The van der Waals surface area contributed by atoms with Crippen LogP contribution in [0.25, 0.3) is 11.1 Å². The van der Waals surface area contributed by atoms with E-state index < -0.39 is 162 Å². The number of hydrogen-bond donors (Lipinski definition) is 0. The number of amides is 1. The minimum absolute atomic E-state index is 0.133. The minimum atomic E-state index is -5.30. The third-order valence-corrected chi connectivity index (χ3v) is 8.23. The fraction of sp³-hybridized carbons (Fsp3) is 0.378. The highest BCUT2D eigenvalue weighted by Crippen LogP contribution is 2.32. The van der Waals surface area contributed by atoms with E-state index in [1.54, 1.807) is 0 Å². The van der Waals surface area contributed by atoms with E-state index in [9.17, 15) is 27.2 Å². The fourth-order valence-electron chi connectivity index (χ4n) is 4.93. The number of fused-ring (bicyclic) bond motifs is 1. The lowest BCUT2D eigenvalue weighted by atomic mass is 9.98. The van der Waals surface area contributed by atoms with Gasteiger partial charge in [-0.1, -0.05) is 67.9 Å². The van der Waals surface area contributed by atoms with Gasteiger partial charge < -0.3 is 14.4 Å². The second-order valence-electron chi connectivity index (χ2n) is 10.5. The van der Waals surface area contributed by atoms with E-state index in [0.717, 1.165) is 23.6 Å². The van der Waals surface area contributed by atoms with Gasteiger partial charge in [-0.25, -0.2) is 4.39 Å². The lowest BCUT2D eigenvalue weighted by Crippen LogP contribution is -2.40. The molecular weight excluding hydrogens is 640 g/mol. The van der Waals surface area contributed by atoms with Crippen molar-refractivity contribution in [3.8, 4) is 11.1 Å². The van der Waals surface area contributed by atoms with Gasteiger partial charge >= 0.3 is 6.18 Å². The molecule has 0 aliphatic heterocycles. The molecule has 4 aromatic rings. The maximum atomic E-state index is 14.7. The first-order valence-corrected chi connectivity index (χ1v) is 15.4. The third-order valence-electron chi connectivity index (χ3n) is 7.43. The van der Waals surface area contributed by atoms with Crippen LogP contribution in [-0.2, 0) is 42.6 Å². The monoisotopic (exact) mass is 697 g/mol. The van der Waals surface area contributed by atoms with Gasteiger partial charge in [-0.2, -0.15) is 18.2 Å². The molecule has 11 heteroatoms. The molecule has 1 aliphatic rings. The molecule has 1 heterocycles. The predicted octanol–water partition coefficient (Wildman–Crippen LogP) is 7.53. The van der Waals surface area contributed by atoms with Gasteiger partial charge in [-0.15, -0.1) is 0 Å². The van der Waals surface area contributed by atoms with Crippen molar-refractivity contribution >= 4 is 17.7 Å². The Morgan fingerprint density at radius 2 is 1.69 bits per heavy atom. The molecule has 0 spiro atoms. The summed E-state index contributed by atoms with van der Waals surface area (Å²) in [6.45, 7) is -3.86. The zero-order chi connectivity index (χ0) is 49.4. The molecule has 0 unspecified atom stereocenters. The topological polar surface area (TPSA) is 58.4 Å². The third kappa shape index (κ3) is 8.54. The Bertz CT molecular complexity index is 2570. The summed E-state index contributed by atoms with van der Waals surface area (Å²) in [6.07, 6.45) is -4.55. The zero-order valence-electron chi connectivity index (χ0n) is 43.0. The molecule has 1 amide bonds. The van der Waals surface area contributed by atoms with Gasteiger partial charge in [0.15, 0.2) is 5.16 Å². The van der Waals surface area contributed by atoms with Crippen molar-refractivity contribution < 1.29 is 45.7 Å². The van der Waals surface area contributed by atoms with E-state index in [2.05, 4.69) is 4.98 Å². The van der Waals surface area contributed by atoms with Crippen LogP contribution in [0, 0.1) is 12.7 Å². The quantitative estimate of drug-likeness (QED) is 0.0822. The predicted molar refractivity (Wildman–Crippen MR) is 181 cm³/mol. The maximum Gasteiger partial charge on any atom is 0.416 e. The molecule has 5 rings (SSSR count). The number of likely N-dealkylation sites (N-methyl/N-ethyl adjacent to an activating group) is 1. The second-order valence-corrected chi connectivity index (χ2v) is 11.2. The molecule has 1 aromatic heterocycles. The van der Waals surface area contributed by atoms with Crippen molar-refractivity contribution in [2.75, 3.05) is 26.1 Å². The number of aromatic nitrogens is 2. The second kappa shape index (κ2) is 15.5. The number of rotatable bonds is 13. The number of thioether (sulfide) groups is 1. The molecule has 3 aromatic carbocycles. The summed E-state index contributed by atoms with van der Waals surface area (Å²) in [5.41, 5.74) is -8.13. The van der Waals surface area contributed by atoms with Gasteiger partial charge in [0, 0.05) is 44.8 Å². The summed E-state index contributed by atoms with van der Waals surface area (Å²) in [4.78, 5) is 33.7. The Morgan fingerprint density at radius 3 is 2.35 bits per heavy atom. The summed E-state index contributed by atoms with van der Waals surface area (Å²) in [5.74, 6) is -2.45. The summed E-state index contributed by atoms with van der Waals surface area (Å²) in [5, 5.41) is -0.480. The normalized spacial score (nSPS) is 18.8. The first kappa shape index (κ1) is 19.3. The van der Waals surface area contributed by atoms with Crippen LogP contribution in [0.15, 0.2) is 76.4 Å². The molecule has 254 valence electrons. The molecule has 0 bridgehead atoms. The Hall–Kier alpha value is -3.96. The Morgan fingerprint density at radius 1 is 1.00 bits per heavy atom. The lowest BCUT2D eigenvalue weighted by molar-refractivity contribution is -0.137. The highest BCUT2D eigenvalue weighted by molar-refractivity contribution is 7.98. The number of carbonyl (C=O) groups is 1. The van der Waals surface area contributed by atoms with Crippen molar-refractivity contribution in [2.24, 2.45) is 0 Å². The van der Waals surface area contributed by atoms with E-state index >= 15 is 0 Å². The SMILES string of the molecule is [2H]c1c([2H])c(C([2H])([2H])Sc2nc(=O)c3c(n2CC(=O)N(CCN(C([2H])([2H])C)C([2H])([2H])C)Cc2c([2H])c([2H])c(-c4c([2H])c([2H])c(C(F)(F)F)c([2H])c4[2H])c([2H])c2C)CCC3)c([2H])c([2H])c1F. The summed E-state index contributed by atoms with van der Waals surface area (Å²) in [7, 11) is 0. The molecule has 0 N–H and O–H groups in total. The van der Waals surface area contributed by atoms with Gasteiger partial charge in [0.1, 0.15) is 12.4 Å². The first-order chi connectivity index (χ1) is 29.7. The summed E-state index contributed by atoms with van der Waals surface area (Å²) >= 11 is 0.133.